The number of hydrogen-bond donors (Lipinski definition) is 1. The summed E-state index contributed by atoms with van der Waals surface area (Å²) in [4.78, 5) is 13.4. The Labute approximate surface area is 122 Å². The molecule has 1 heterocycles. The Balaban J connectivity index is 1.81. The minimum Gasteiger partial charge on any atom is -0.478 e. The molecule has 0 saturated heterocycles. The summed E-state index contributed by atoms with van der Waals surface area (Å²) in [7, 11) is 0. The van der Waals surface area contributed by atoms with E-state index in [0.717, 1.165) is 25.6 Å². The van der Waals surface area contributed by atoms with E-state index in [1.807, 2.05) is 12.1 Å². The molecule has 2 aromatic carbocycles. The van der Waals surface area contributed by atoms with Crippen molar-refractivity contribution in [1.29, 1.82) is 0 Å². The minimum absolute atomic E-state index is 0.0499. The van der Waals surface area contributed by atoms with Crippen LogP contribution in [0.2, 0.25) is 0 Å². The van der Waals surface area contributed by atoms with E-state index in [2.05, 4.69) is 17.0 Å². The summed E-state index contributed by atoms with van der Waals surface area (Å²) < 4.78 is 13.2. The summed E-state index contributed by atoms with van der Waals surface area (Å²) in [5.74, 6) is -1.60. The number of carboxylic acid groups (broad SMARTS) is 1. The van der Waals surface area contributed by atoms with Crippen LogP contribution in [0.3, 0.4) is 0 Å². The lowest BCUT2D eigenvalue weighted by molar-refractivity contribution is 0.0693. The van der Waals surface area contributed by atoms with Crippen LogP contribution in [0.15, 0.2) is 42.5 Å². The highest BCUT2D eigenvalue weighted by atomic mass is 19.1. The molecule has 0 spiro atoms. The van der Waals surface area contributed by atoms with Gasteiger partial charge in [-0.3, -0.25) is 4.90 Å². The predicted octanol–water partition coefficient (Wildman–Crippen LogP) is 3.08. The highest BCUT2D eigenvalue weighted by molar-refractivity contribution is 5.89. The monoisotopic (exact) mass is 285 g/mol. The average Bonchev–Trinajstić information content (AvgIpc) is 2.49. The second kappa shape index (κ2) is 5.66. The molecule has 1 N–H and O–H groups in total. The van der Waals surface area contributed by atoms with Crippen molar-refractivity contribution < 1.29 is 14.3 Å². The lowest BCUT2D eigenvalue weighted by atomic mass is 9.99. The van der Waals surface area contributed by atoms with Gasteiger partial charge >= 0.3 is 5.97 Å². The van der Waals surface area contributed by atoms with E-state index in [0.29, 0.717) is 12.1 Å². The highest BCUT2D eigenvalue weighted by Gasteiger charge is 2.18. The average molecular weight is 285 g/mol. The lowest BCUT2D eigenvalue weighted by Crippen LogP contribution is -2.30. The van der Waals surface area contributed by atoms with Crippen LogP contribution < -0.4 is 0 Å². The van der Waals surface area contributed by atoms with Crippen LogP contribution in [0, 0.1) is 5.82 Å². The second-order valence-corrected chi connectivity index (χ2v) is 5.34. The molecule has 21 heavy (non-hydrogen) atoms. The maximum absolute atomic E-state index is 13.2. The van der Waals surface area contributed by atoms with Gasteiger partial charge in [-0.25, -0.2) is 9.18 Å². The van der Waals surface area contributed by atoms with Crippen LogP contribution in [0.5, 0.6) is 0 Å². The molecule has 3 nitrogen and oxygen atoms in total. The van der Waals surface area contributed by atoms with Gasteiger partial charge in [-0.15, -0.1) is 0 Å². The van der Waals surface area contributed by atoms with Crippen LogP contribution in [0.25, 0.3) is 0 Å². The molecular formula is C17H16FNO2. The largest absolute Gasteiger partial charge is 0.478 e. The Kier molecular flexibility index (Phi) is 3.71. The number of carbonyl (C=O) groups is 1. The third kappa shape index (κ3) is 2.95. The number of nitrogens with zero attached hydrogens (tertiary/aromatic N) is 1. The summed E-state index contributed by atoms with van der Waals surface area (Å²) in [6.45, 7) is 2.20. The first-order valence-electron chi connectivity index (χ1n) is 6.94. The third-order valence-corrected chi connectivity index (χ3v) is 3.91. The molecule has 1 aliphatic heterocycles. The topological polar surface area (TPSA) is 40.5 Å². The number of benzene rings is 2. The first-order valence-corrected chi connectivity index (χ1v) is 6.94. The Hall–Kier alpha value is -2.20. The van der Waals surface area contributed by atoms with Crippen LogP contribution in [-0.4, -0.2) is 22.5 Å². The van der Waals surface area contributed by atoms with Gasteiger partial charge in [0.1, 0.15) is 5.82 Å². The quantitative estimate of drug-likeness (QED) is 0.942. The number of hydrogen-bond acceptors (Lipinski definition) is 2. The molecule has 0 aromatic heterocycles. The van der Waals surface area contributed by atoms with E-state index < -0.39 is 11.8 Å². The summed E-state index contributed by atoms with van der Waals surface area (Å²) in [5, 5.41) is 9.19. The fourth-order valence-corrected chi connectivity index (χ4v) is 2.82. The molecule has 0 unspecified atom stereocenters. The SMILES string of the molecule is O=C(O)c1cc(F)ccc1CN1CCc2ccccc2C1. The number of rotatable bonds is 3. The van der Waals surface area contributed by atoms with Crippen molar-refractivity contribution in [2.75, 3.05) is 6.54 Å². The van der Waals surface area contributed by atoms with Gasteiger partial charge in [-0.2, -0.15) is 0 Å². The maximum atomic E-state index is 13.2. The van der Waals surface area contributed by atoms with Gasteiger partial charge in [-0.1, -0.05) is 30.3 Å². The molecule has 0 atom stereocenters. The molecule has 0 amide bonds. The first-order chi connectivity index (χ1) is 10.1. The molecular weight excluding hydrogens is 269 g/mol. The molecule has 108 valence electrons. The smallest absolute Gasteiger partial charge is 0.336 e. The van der Waals surface area contributed by atoms with Crippen molar-refractivity contribution in [2.45, 2.75) is 19.5 Å². The molecule has 4 heteroatoms. The Morgan fingerprint density at radius 1 is 1.19 bits per heavy atom. The van der Waals surface area contributed by atoms with Crippen molar-refractivity contribution in [3.05, 3.63) is 70.5 Å². The van der Waals surface area contributed by atoms with E-state index >= 15 is 0 Å². The fraction of sp³-hybridized carbons (Fsp3) is 0.235. The zero-order valence-electron chi connectivity index (χ0n) is 11.6. The van der Waals surface area contributed by atoms with E-state index in [4.69, 9.17) is 0 Å². The number of fused-ring (bicyclic) bond motifs is 1. The van der Waals surface area contributed by atoms with Crippen LogP contribution in [-0.2, 0) is 19.5 Å². The maximum Gasteiger partial charge on any atom is 0.336 e. The van der Waals surface area contributed by atoms with Crippen molar-refractivity contribution in [3.8, 4) is 0 Å². The predicted molar refractivity (Wildman–Crippen MR) is 77.6 cm³/mol. The van der Waals surface area contributed by atoms with E-state index in [9.17, 15) is 14.3 Å². The van der Waals surface area contributed by atoms with Gasteiger partial charge in [0, 0.05) is 19.6 Å². The van der Waals surface area contributed by atoms with Gasteiger partial charge in [0.05, 0.1) is 5.56 Å². The van der Waals surface area contributed by atoms with Crippen LogP contribution >= 0.6 is 0 Å². The van der Waals surface area contributed by atoms with Crippen molar-refractivity contribution in [1.82, 2.24) is 4.90 Å². The Morgan fingerprint density at radius 3 is 2.71 bits per heavy atom. The molecule has 0 aliphatic carbocycles. The zero-order chi connectivity index (χ0) is 14.8. The third-order valence-electron chi connectivity index (χ3n) is 3.91. The second-order valence-electron chi connectivity index (χ2n) is 5.34. The normalized spacial score (nSPS) is 14.7. The van der Waals surface area contributed by atoms with Crippen molar-refractivity contribution in [3.63, 3.8) is 0 Å². The van der Waals surface area contributed by atoms with Gasteiger partial charge in [0.15, 0.2) is 0 Å². The highest BCUT2D eigenvalue weighted by Crippen LogP contribution is 2.21. The molecule has 3 rings (SSSR count). The number of halogens is 1. The summed E-state index contributed by atoms with van der Waals surface area (Å²) in [5.41, 5.74) is 3.34. The van der Waals surface area contributed by atoms with Crippen molar-refractivity contribution >= 4 is 5.97 Å². The van der Waals surface area contributed by atoms with Crippen molar-refractivity contribution in [2.24, 2.45) is 0 Å². The molecule has 0 fully saturated rings. The summed E-state index contributed by atoms with van der Waals surface area (Å²) in [6, 6.07) is 12.3. The van der Waals surface area contributed by atoms with Gasteiger partial charge < -0.3 is 5.11 Å². The molecule has 0 saturated carbocycles. The molecule has 1 aliphatic rings. The fourth-order valence-electron chi connectivity index (χ4n) is 2.82. The number of aromatic carboxylic acids is 1. The Morgan fingerprint density at radius 2 is 1.95 bits per heavy atom. The van der Waals surface area contributed by atoms with Crippen LogP contribution in [0.1, 0.15) is 27.0 Å². The van der Waals surface area contributed by atoms with E-state index in [1.54, 1.807) is 6.07 Å². The zero-order valence-corrected chi connectivity index (χ0v) is 11.6. The molecule has 0 radical (unpaired) electrons. The summed E-state index contributed by atoms with van der Waals surface area (Å²) in [6.07, 6.45) is 0.958. The van der Waals surface area contributed by atoms with Crippen LogP contribution in [0.4, 0.5) is 4.39 Å². The lowest BCUT2D eigenvalue weighted by Gasteiger charge is -2.29. The summed E-state index contributed by atoms with van der Waals surface area (Å²) >= 11 is 0. The standard InChI is InChI=1S/C17H16FNO2/c18-15-6-5-14(16(9-15)17(20)21)11-19-8-7-12-3-1-2-4-13(12)10-19/h1-6,9H,7-8,10-11H2,(H,20,21). The molecule has 0 bridgehead atoms. The Bertz CT molecular complexity index is 684. The van der Waals surface area contributed by atoms with Gasteiger partial charge in [0.2, 0.25) is 0 Å². The minimum atomic E-state index is -1.08. The van der Waals surface area contributed by atoms with E-state index in [1.165, 1.54) is 17.2 Å². The first kappa shape index (κ1) is 13.8. The van der Waals surface area contributed by atoms with Gasteiger partial charge in [-0.05, 0) is 35.2 Å². The van der Waals surface area contributed by atoms with Gasteiger partial charge in [0.25, 0.3) is 0 Å². The molecule has 2 aromatic rings. The number of carboxylic acids is 1. The van der Waals surface area contributed by atoms with E-state index in [-0.39, 0.29) is 5.56 Å².